The molecular formula is C26H23FN4O2. The Bertz CT molecular complexity index is 1340. The van der Waals surface area contributed by atoms with Gasteiger partial charge in [-0.15, -0.1) is 0 Å². The molecule has 0 bridgehead atoms. The van der Waals surface area contributed by atoms with E-state index in [4.69, 9.17) is 0 Å². The third-order valence-corrected chi connectivity index (χ3v) is 5.46. The molecule has 6 nitrogen and oxygen atoms in total. The van der Waals surface area contributed by atoms with Crippen molar-refractivity contribution in [3.05, 3.63) is 119 Å². The summed E-state index contributed by atoms with van der Waals surface area (Å²) in [5.74, 6) is -0.178. The minimum atomic E-state index is -0.312. The molecule has 7 heteroatoms. The zero-order valence-corrected chi connectivity index (χ0v) is 18.1. The van der Waals surface area contributed by atoms with Crippen LogP contribution in [0.3, 0.4) is 0 Å². The van der Waals surface area contributed by atoms with Gasteiger partial charge in [0.05, 0.1) is 40.9 Å². The van der Waals surface area contributed by atoms with E-state index in [1.807, 2.05) is 53.2 Å². The third-order valence-electron chi connectivity index (χ3n) is 5.46. The second-order valence-electron chi connectivity index (χ2n) is 7.51. The number of aromatic amines is 1. The van der Waals surface area contributed by atoms with Gasteiger partial charge in [0.25, 0.3) is 5.69 Å². The number of fused-ring (bicyclic) bond motifs is 1. The fourth-order valence-electron chi connectivity index (χ4n) is 3.91. The summed E-state index contributed by atoms with van der Waals surface area (Å²) in [4.78, 5) is 18.6. The van der Waals surface area contributed by atoms with E-state index in [0.717, 1.165) is 28.5 Å². The number of nitrogens with zero attached hydrogens (tertiary/aromatic N) is 3. The second kappa shape index (κ2) is 9.91. The first-order valence-corrected chi connectivity index (χ1v) is 10.6. The van der Waals surface area contributed by atoms with Crippen LogP contribution in [-0.2, 0) is 0 Å². The first kappa shape index (κ1) is 22.0. The lowest BCUT2D eigenvalue weighted by molar-refractivity contribution is -0.384. The van der Waals surface area contributed by atoms with Gasteiger partial charge in [-0.2, -0.15) is 0 Å². The number of H-pyrrole nitrogens is 1. The molecule has 0 fully saturated rings. The van der Waals surface area contributed by atoms with Gasteiger partial charge in [-0.3, -0.25) is 10.1 Å². The molecule has 5 aromatic rings. The molecule has 1 atom stereocenters. The summed E-state index contributed by atoms with van der Waals surface area (Å²) in [7, 11) is 0. The zero-order valence-electron chi connectivity index (χ0n) is 18.1. The van der Waals surface area contributed by atoms with Gasteiger partial charge in [0, 0.05) is 6.20 Å². The van der Waals surface area contributed by atoms with Crippen LogP contribution in [0.4, 0.5) is 10.1 Å². The highest BCUT2D eigenvalue weighted by atomic mass is 19.1. The van der Waals surface area contributed by atoms with Gasteiger partial charge >= 0.3 is 0 Å². The highest BCUT2D eigenvalue weighted by molar-refractivity contribution is 5.98. The van der Waals surface area contributed by atoms with Gasteiger partial charge in [-0.05, 0) is 34.9 Å². The van der Waals surface area contributed by atoms with Crippen molar-refractivity contribution in [3.63, 3.8) is 0 Å². The van der Waals surface area contributed by atoms with Gasteiger partial charge in [-0.25, -0.2) is 9.37 Å². The quantitative estimate of drug-likeness (QED) is 0.241. The SMILES string of the molecule is CCC(c1cnc[nH]1)n1cc(-c2cccc3ccccc23)c([N+](=O)[O-])c1.Fc1ccccc1. The molecule has 0 spiro atoms. The summed E-state index contributed by atoms with van der Waals surface area (Å²) in [6.07, 6.45) is 7.67. The molecule has 3 aromatic carbocycles. The number of hydrogen-bond donors (Lipinski definition) is 1. The number of halogens is 1. The molecule has 0 amide bonds. The van der Waals surface area contributed by atoms with Crippen molar-refractivity contribution in [1.82, 2.24) is 14.5 Å². The average Bonchev–Trinajstić information content (AvgIpc) is 3.51. The molecule has 1 N–H and O–H groups in total. The van der Waals surface area contributed by atoms with Crippen LogP contribution in [0.5, 0.6) is 0 Å². The first-order valence-electron chi connectivity index (χ1n) is 10.6. The Morgan fingerprint density at radius 2 is 1.73 bits per heavy atom. The molecule has 0 aliphatic rings. The van der Waals surface area contributed by atoms with E-state index >= 15 is 0 Å². The van der Waals surface area contributed by atoms with Gasteiger partial charge in [0.1, 0.15) is 5.82 Å². The number of benzene rings is 3. The van der Waals surface area contributed by atoms with Crippen LogP contribution in [0, 0.1) is 15.9 Å². The number of rotatable bonds is 5. The van der Waals surface area contributed by atoms with Crippen LogP contribution in [0.1, 0.15) is 25.1 Å². The molecule has 0 saturated heterocycles. The molecule has 0 aliphatic carbocycles. The molecule has 0 aliphatic heterocycles. The lowest BCUT2D eigenvalue weighted by atomic mass is 9.99. The van der Waals surface area contributed by atoms with E-state index in [1.54, 1.807) is 36.9 Å². The molecule has 2 heterocycles. The van der Waals surface area contributed by atoms with Gasteiger partial charge in [-0.1, -0.05) is 67.6 Å². The van der Waals surface area contributed by atoms with E-state index in [1.165, 1.54) is 12.1 Å². The van der Waals surface area contributed by atoms with Crippen LogP contribution in [0.15, 0.2) is 97.7 Å². The molecule has 33 heavy (non-hydrogen) atoms. The predicted molar refractivity (Wildman–Crippen MR) is 127 cm³/mol. The lowest BCUT2D eigenvalue weighted by Crippen LogP contribution is -2.07. The Morgan fingerprint density at radius 3 is 2.36 bits per heavy atom. The standard InChI is InChI=1S/C20H18N4O2.C6H5F/c1-2-19(18-10-21-13-22-18)23-11-17(20(12-23)24(25)26)16-9-5-7-14-6-3-4-8-15(14)16;7-6-4-2-1-3-5-6/h3-13,19H,2H2,1H3,(H,21,22);1-5H. The van der Waals surface area contributed by atoms with E-state index in [9.17, 15) is 14.5 Å². The second-order valence-corrected chi connectivity index (χ2v) is 7.51. The fraction of sp³-hybridized carbons (Fsp3) is 0.115. The molecule has 0 radical (unpaired) electrons. The van der Waals surface area contributed by atoms with Crippen molar-refractivity contribution in [1.29, 1.82) is 0 Å². The van der Waals surface area contributed by atoms with Crippen molar-refractivity contribution in [2.24, 2.45) is 0 Å². The zero-order chi connectivity index (χ0) is 23.2. The molecule has 166 valence electrons. The molecule has 0 saturated carbocycles. The summed E-state index contributed by atoms with van der Waals surface area (Å²) in [6, 6.07) is 21.7. The summed E-state index contributed by atoms with van der Waals surface area (Å²) >= 11 is 0. The summed E-state index contributed by atoms with van der Waals surface area (Å²) in [5.41, 5.74) is 2.54. The van der Waals surface area contributed by atoms with Crippen molar-refractivity contribution in [2.75, 3.05) is 0 Å². The number of imidazole rings is 1. The molecular weight excluding hydrogens is 419 g/mol. The maximum atomic E-state index is 11.9. The predicted octanol–water partition coefficient (Wildman–Crippen LogP) is 6.76. The normalized spacial score (nSPS) is 11.6. The van der Waals surface area contributed by atoms with Crippen LogP contribution in [-0.4, -0.2) is 19.5 Å². The summed E-state index contributed by atoms with van der Waals surface area (Å²) in [5, 5.41) is 13.8. The monoisotopic (exact) mass is 442 g/mol. The van der Waals surface area contributed by atoms with Crippen molar-refractivity contribution in [2.45, 2.75) is 19.4 Å². The highest BCUT2D eigenvalue weighted by Gasteiger charge is 2.24. The van der Waals surface area contributed by atoms with Gasteiger partial charge < -0.3 is 9.55 Å². The number of nitro groups is 1. The molecule has 5 rings (SSSR count). The number of hydrogen-bond acceptors (Lipinski definition) is 3. The number of aromatic nitrogens is 3. The molecule has 1 unspecified atom stereocenters. The highest BCUT2D eigenvalue weighted by Crippen LogP contribution is 2.37. The Balaban J connectivity index is 0.000000318. The number of nitrogens with one attached hydrogen (secondary N) is 1. The summed E-state index contributed by atoms with van der Waals surface area (Å²) < 4.78 is 13.8. The van der Waals surface area contributed by atoms with Crippen molar-refractivity contribution in [3.8, 4) is 11.1 Å². The van der Waals surface area contributed by atoms with Gasteiger partial charge in [0.2, 0.25) is 0 Å². The maximum absolute atomic E-state index is 11.9. The Labute approximate surface area is 190 Å². The van der Waals surface area contributed by atoms with Crippen molar-refractivity contribution >= 4 is 16.5 Å². The van der Waals surface area contributed by atoms with E-state index < -0.39 is 0 Å². The molecule has 2 aromatic heterocycles. The Kier molecular flexibility index (Phi) is 6.59. The van der Waals surface area contributed by atoms with E-state index in [-0.39, 0.29) is 22.5 Å². The van der Waals surface area contributed by atoms with Crippen molar-refractivity contribution < 1.29 is 9.31 Å². The minimum Gasteiger partial charge on any atom is -0.347 e. The van der Waals surface area contributed by atoms with Crippen LogP contribution in [0.25, 0.3) is 21.9 Å². The summed E-state index contributed by atoms with van der Waals surface area (Å²) in [6.45, 7) is 2.05. The van der Waals surface area contributed by atoms with Crippen LogP contribution < -0.4 is 0 Å². The fourth-order valence-corrected chi connectivity index (χ4v) is 3.91. The Hall–Kier alpha value is -4.26. The van der Waals surface area contributed by atoms with Crippen LogP contribution >= 0.6 is 0 Å². The van der Waals surface area contributed by atoms with E-state index in [0.29, 0.717) is 5.56 Å². The third kappa shape index (κ3) is 4.82. The average molecular weight is 442 g/mol. The first-order chi connectivity index (χ1) is 16.1. The maximum Gasteiger partial charge on any atom is 0.294 e. The van der Waals surface area contributed by atoms with E-state index in [2.05, 4.69) is 16.9 Å². The smallest absolute Gasteiger partial charge is 0.294 e. The minimum absolute atomic E-state index is 0.0278. The van der Waals surface area contributed by atoms with Crippen LogP contribution in [0.2, 0.25) is 0 Å². The van der Waals surface area contributed by atoms with Gasteiger partial charge in [0.15, 0.2) is 0 Å². The largest absolute Gasteiger partial charge is 0.347 e. The lowest BCUT2D eigenvalue weighted by Gasteiger charge is -2.14. The topological polar surface area (TPSA) is 76.8 Å². The Morgan fingerprint density at radius 1 is 1.00 bits per heavy atom.